The first-order valence-electron chi connectivity index (χ1n) is 9.07. The number of nitrogens with one attached hydrogen (secondary N) is 1. The fraction of sp³-hybridized carbons (Fsp3) is 0.474. The van der Waals surface area contributed by atoms with Gasteiger partial charge < -0.3 is 10.2 Å². The van der Waals surface area contributed by atoms with E-state index >= 15 is 0 Å². The Kier molecular flexibility index (Phi) is 5.76. The minimum atomic E-state index is -2.92. The van der Waals surface area contributed by atoms with Crippen LogP contribution in [0.4, 0.5) is 11.6 Å². The van der Waals surface area contributed by atoms with Gasteiger partial charge >= 0.3 is 0 Å². The van der Waals surface area contributed by atoms with Crippen molar-refractivity contribution in [3.63, 3.8) is 0 Å². The van der Waals surface area contributed by atoms with E-state index in [9.17, 15) is 8.42 Å². The lowest BCUT2D eigenvalue weighted by molar-refractivity contribution is 0.599. The van der Waals surface area contributed by atoms with Gasteiger partial charge in [0.2, 0.25) is 0 Å². The van der Waals surface area contributed by atoms with Crippen LogP contribution in [0.15, 0.2) is 36.4 Å². The van der Waals surface area contributed by atoms with Gasteiger partial charge in [-0.1, -0.05) is 30.3 Å². The van der Waals surface area contributed by atoms with Gasteiger partial charge in [0, 0.05) is 25.2 Å². The summed E-state index contributed by atoms with van der Waals surface area (Å²) in [6.45, 7) is 5.40. The molecule has 6 nitrogen and oxygen atoms in total. The molecular formula is C19H26N4O2S. The molecule has 1 N–H and O–H groups in total. The van der Waals surface area contributed by atoms with Crippen LogP contribution in [0.3, 0.4) is 0 Å². The Morgan fingerprint density at radius 1 is 1.23 bits per heavy atom. The number of nitrogens with zero attached hydrogens (tertiary/aromatic N) is 3. The van der Waals surface area contributed by atoms with Crippen molar-refractivity contribution in [1.82, 2.24) is 9.97 Å². The van der Waals surface area contributed by atoms with E-state index in [-0.39, 0.29) is 17.5 Å². The number of hydrogen-bond donors (Lipinski definition) is 1. The van der Waals surface area contributed by atoms with Gasteiger partial charge in [-0.25, -0.2) is 18.4 Å². The van der Waals surface area contributed by atoms with Crippen molar-refractivity contribution < 1.29 is 8.42 Å². The molecule has 0 radical (unpaired) electrons. The molecule has 140 valence electrons. The molecule has 1 aliphatic heterocycles. The second kappa shape index (κ2) is 8.03. The van der Waals surface area contributed by atoms with Gasteiger partial charge in [-0.15, -0.1) is 0 Å². The van der Waals surface area contributed by atoms with Crippen LogP contribution in [0.2, 0.25) is 0 Å². The molecule has 1 fully saturated rings. The Balaban J connectivity index is 1.70. The molecule has 2 aromatic rings. The normalized spacial score (nSPS) is 18.6. The maximum atomic E-state index is 11.8. The summed E-state index contributed by atoms with van der Waals surface area (Å²) in [5, 5.41) is 3.36. The Bertz CT molecular complexity index is 840. The van der Waals surface area contributed by atoms with Crippen LogP contribution in [-0.4, -0.2) is 49.0 Å². The highest BCUT2D eigenvalue weighted by molar-refractivity contribution is 7.91. The van der Waals surface area contributed by atoms with Crippen molar-refractivity contribution >= 4 is 21.5 Å². The van der Waals surface area contributed by atoms with E-state index in [1.54, 1.807) is 0 Å². The third-order valence-electron chi connectivity index (χ3n) is 4.67. The molecular weight excluding hydrogens is 348 g/mol. The summed E-state index contributed by atoms with van der Waals surface area (Å²) in [6, 6.07) is 12.2. The topological polar surface area (TPSA) is 75.2 Å². The van der Waals surface area contributed by atoms with Gasteiger partial charge in [0.15, 0.2) is 9.84 Å². The van der Waals surface area contributed by atoms with Gasteiger partial charge in [-0.05, 0) is 32.3 Å². The fourth-order valence-corrected chi connectivity index (χ4v) is 5.13. The Hall–Kier alpha value is -2.15. The van der Waals surface area contributed by atoms with Crippen LogP contribution >= 0.6 is 0 Å². The third kappa shape index (κ3) is 4.72. The maximum Gasteiger partial charge on any atom is 0.152 e. The molecule has 0 saturated carbocycles. The highest BCUT2D eigenvalue weighted by atomic mass is 32.2. The summed E-state index contributed by atoms with van der Waals surface area (Å²) in [7, 11) is -2.92. The first kappa shape index (κ1) is 18.6. The van der Waals surface area contributed by atoms with Gasteiger partial charge in [-0.3, -0.25) is 0 Å². The number of sulfone groups is 1. The minimum absolute atomic E-state index is 0.00327. The zero-order valence-corrected chi connectivity index (χ0v) is 16.2. The monoisotopic (exact) mass is 374 g/mol. The number of benzene rings is 1. The second-order valence-corrected chi connectivity index (χ2v) is 8.89. The molecule has 3 rings (SSSR count). The van der Waals surface area contributed by atoms with Gasteiger partial charge in [0.25, 0.3) is 0 Å². The number of anilines is 2. The molecule has 1 unspecified atom stereocenters. The highest BCUT2D eigenvalue weighted by Gasteiger charge is 2.32. The summed E-state index contributed by atoms with van der Waals surface area (Å²) < 4.78 is 23.7. The van der Waals surface area contributed by atoms with Crippen molar-refractivity contribution in [2.75, 3.05) is 34.8 Å². The lowest BCUT2D eigenvalue weighted by Gasteiger charge is -2.28. The van der Waals surface area contributed by atoms with E-state index < -0.39 is 9.84 Å². The van der Waals surface area contributed by atoms with Crippen LogP contribution < -0.4 is 10.2 Å². The van der Waals surface area contributed by atoms with Crippen LogP contribution in [0.1, 0.15) is 24.7 Å². The van der Waals surface area contributed by atoms with Crippen molar-refractivity contribution in [3.8, 4) is 0 Å². The summed E-state index contributed by atoms with van der Waals surface area (Å²) in [4.78, 5) is 11.1. The van der Waals surface area contributed by atoms with Crippen LogP contribution in [-0.2, 0) is 16.3 Å². The standard InChI is InChI=1S/C19H26N4O2S/c1-3-23(17-10-12-26(24,25)14-17)19-13-18(21-15(2)22-19)20-11-9-16-7-5-4-6-8-16/h4-8,13,17H,3,9-12,14H2,1-2H3,(H,20,21,22). The van der Waals surface area contributed by atoms with E-state index in [1.807, 2.05) is 38.1 Å². The summed E-state index contributed by atoms with van der Waals surface area (Å²) >= 11 is 0. The zero-order valence-electron chi connectivity index (χ0n) is 15.4. The van der Waals surface area contributed by atoms with Crippen molar-refractivity contribution in [2.45, 2.75) is 32.7 Å². The fourth-order valence-electron chi connectivity index (χ4n) is 3.40. The van der Waals surface area contributed by atoms with Gasteiger partial charge in [0.1, 0.15) is 17.5 Å². The lowest BCUT2D eigenvalue weighted by Crippen LogP contribution is -2.37. The van der Waals surface area contributed by atoms with Gasteiger partial charge in [-0.2, -0.15) is 0 Å². The minimum Gasteiger partial charge on any atom is -0.370 e. The summed E-state index contributed by atoms with van der Waals surface area (Å²) in [6.07, 6.45) is 1.58. The Morgan fingerprint density at radius 3 is 2.65 bits per heavy atom. The molecule has 1 saturated heterocycles. The van der Waals surface area contributed by atoms with E-state index in [0.29, 0.717) is 12.2 Å². The lowest BCUT2D eigenvalue weighted by atomic mass is 10.1. The van der Waals surface area contributed by atoms with E-state index in [1.165, 1.54) is 5.56 Å². The van der Waals surface area contributed by atoms with E-state index in [2.05, 4.69) is 32.3 Å². The van der Waals surface area contributed by atoms with Gasteiger partial charge in [0.05, 0.1) is 11.5 Å². The molecule has 2 heterocycles. The Morgan fingerprint density at radius 2 is 2.00 bits per heavy atom. The molecule has 0 spiro atoms. The average molecular weight is 375 g/mol. The molecule has 0 amide bonds. The predicted molar refractivity (Wildman–Crippen MR) is 105 cm³/mol. The molecule has 7 heteroatoms. The smallest absolute Gasteiger partial charge is 0.152 e. The van der Waals surface area contributed by atoms with Crippen LogP contribution in [0.25, 0.3) is 0 Å². The van der Waals surface area contributed by atoms with E-state index in [4.69, 9.17) is 0 Å². The molecule has 26 heavy (non-hydrogen) atoms. The predicted octanol–water partition coefficient (Wildman–Crippen LogP) is 2.45. The van der Waals surface area contributed by atoms with Crippen LogP contribution in [0, 0.1) is 6.92 Å². The second-order valence-electron chi connectivity index (χ2n) is 6.66. The molecule has 1 aromatic heterocycles. The summed E-state index contributed by atoms with van der Waals surface area (Å²) in [5.41, 5.74) is 1.28. The largest absolute Gasteiger partial charge is 0.370 e. The average Bonchev–Trinajstić information content (AvgIpc) is 2.96. The van der Waals surface area contributed by atoms with Crippen molar-refractivity contribution in [3.05, 3.63) is 47.8 Å². The van der Waals surface area contributed by atoms with E-state index in [0.717, 1.165) is 31.1 Å². The number of rotatable bonds is 7. The Labute approximate surface area is 155 Å². The third-order valence-corrected chi connectivity index (χ3v) is 6.42. The number of hydrogen-bond acceptors (Lipinski definition) is 6. The SMILES string of the molecule is CCN(c1cc(NCCc2ccccc2)nc(C)n1)C1CCS(=O)(=O)C1. The molecule has 0 bridgehead atoms. The number of aromatic nitrogens is 2. The molecule has 0 aliphatic carbocycles. The first-order valence-corrected chi connectivity index (χ1v) is 10.9. The maximum absolute atomic E-state index is 11.8. The molecule has 1 atom stereocenters. The zero-order chi connectivity index (χ0) is 18.6. The molecule has 1 aromatic carbocycles. The first-order chi connectivity index (χ1) is 12.5. The number of aryl methyl sites for hydroxylation is 1. The molecule has 1 aliphatic rings. The van der Waals surface area contributed by atoms with Crippen molar-refractivity contribution in [2.24, 2.45) is 0 Å². The summed E-state index contributed by atoms with van der Waals surface area (Å²) in [5.74, 6) is 2.73. The highest BCUT2D eigenvalue weighted by Crippen LogP contribution is 2.24. The quantitative estimate of drug-likeness (QED) is 0.802. The van der Waals surface area contributed by atoms with Crippen LogP contribution in [0.5, 0.6) is 0 Å². The van der Waals surface area contributed by atoms with Crippen molar-refractivity contribution in [1.29, 1.82) is 0 Å².